The third kappa shape index (κ3) is 2.33. The van der Waals surface area contributed by atoms with Crippen LogP contribution in [0.3, 0.4) is 0 Å². The SMILES string of the molecule is CN1CSC(S(=O)(=O)O)N(C)C1. The summed E-state index contributed by atoms with van der Waals surface area (Å²) in [6.07, 6.45) is 0. The van der Waals surface area contributed by atoms with Crippen LogP contribution in [0.25, 0.3) is 0 Å². The summed E-state index contributed by atoms with van der Waals surface area (Å²) >= 11 is 1.20. The van der Waals surface area contributed by atoms with Gasteiger partial charge in [-0.05, 0) is 14.1 Å². The predicted octanol–water partition coefficient (Wildman–Crippen LogP) is -0.317. The van der Waals surface area contributed by atoms with Gasteiger partial charge >= 0.3 is 0 Å². The van der Waals surface area contributed by atoms with Crippen molar-refractivity contribution in [3.05, 3.63) is 0 Å². The fourth-order valence-electron chi connectivity index (χ4n) is 1.12. The van der Waals surface area contributed by atoms with Crippen molar-refractivity contribution in [1.29, 1.82) is 0 Å². The molecule has 0 aromatic carbocycles. The van der Waals surface area contributed by atoms with Gasteiger partial charge in [0.15, 0.2) is 4.71 Å². The highest BCUT2D eigenvalue weighted by atomic mass is 32.3. The molecular formula is C5H12N2O3S2. The predicted molar refractivity (Wildman–Crippen MR) is 48.2 cm³/mol. The smallest absolute Gasteiger partial charge is 0.284 e. The Morgan fingerprint density at radius 1 is 1.50 bits per heavy atom. The van der Waals surface area contributed by atoms with Gasteiger partial charge in [0.1, 0.15) is 0 Å². The average Bonchev–Trinajstić information content (AvgIpc) is 1.83. The molecule has 0 amide bonds. The van der Waals surface area contributed by atoms with Crippen LogP contribution in [-0.2, 0) is 10.1 Å². The van der Waals surface area contributed by atoms with Crippen molar-refractivity contribution in [3.63, 3.8) is 0 Å². The van der Waals surface area contributed by atoms with Crippen LogP contribution < -0.4 is 0 Å². The molecule has 1 atom stereocenters. The van der Waals surface area contributed by atoms with Crippen LogP contribution in [-0.4, -0.2) is 54.1 Å². The van der Waals surface area contributed by atoms with E-state index in [-0.39, 0.29) is 0 Å². The van der Waals surface area contributed by atoms with Gasteiger partial charge in [0, 0.05) is 5.88 Å². The highest BCUT2D eigenvalue weighted by Gasteiger charge is 2.32. The van der Waals surface area contributed by atoms with E-state index in [0.29, 0.717) is 12.5 Å². The Bertz CT molecular complexity index is 253. The Balaban J connectivity index is 2.69. The summed E-state index contributed by atoms with van der Waals surface area (Å²) in [6.45, 7) is 0.553. The molecule has 0 aromatic rings. The van der Waals surface area contributed by atoms with E-state index in [1.54, 1.807) is 11.9 Å². The molecule has 1 heterocycles. The molecule has 0 bridgehead atoms. The van der Waals surface area contributed by atoms with Crippen molar-refractivity contribution < 1.29 is 13.0 Å². The van der Waals surface area contributed by atoms with Crippen LogP contribution in [0.1, 0.15) is 0 Å². The summed E-state index contributed by atoms with van der Waals surface area (Å²) in [7, 11) is -0.376. The minimum atomic E-state index is -3.94. The summed E-state index contributed by atoms with van der Waals surface area (Å²) in [5.74, 6) is 0.620. The van der Waals surface area contributed by atoms with Gasteiger partial charge in [-0.15, -0.1) is 11.8 Å². The van der Waals surface area contributed by atoms with Crippen LogP contribution in [0.15, 0.2) is 0 Å². The molecule has 12 heavy (non-hydrogen) atoms. The van der Waals surface area contributed by atoms with E-state index in [0.717, 1.165) is 0 Å². The molecule has 7 heteroatoms. The van der Waals surface area contributed by atoms with Gasteiger partial charge in [0.2, 0.25) is 0 Å². The van der Waals surface area contributed by atoms with Gasteiger partial charge in [-0.25, -0.2) is 0 Å². The Hall–Kier alpha value is 0.180. The first-order valence-corrected chi connectivity index (χ1v) is 5.93. The fraction of sp³-hybridized carbons (Fsp3) is 1.00. The summed E-state index contributed by atoms with van der Waals surface area (Å²) < 4.78 is 29.5. The molecule has 1 aliphatic rings. The van der Waals surface area contributed by atoms with Gasteiger partial charge < -0.3 is 0 Å². The molecule has 0 radical (unpaired) electrons. The van der Waals surface area contributed by atoms with Crippen molar-refractivity contribution in [1.82, 2.24) is 9.80 Å². The second-order valence-electron chi connectivity index (χ2n) is 2.87. The molecule has 0 spiro atoms. The van der Waals surface area contributed by atoms with E-state index in [2.05, 4.69) is 0 Å². The number of hydrogen-bond acceptors (Lipinski definition) is 5. The lowest BCUT2D eigenvalue weighted by Crippen LogP contribution is -2.47. The fourth-order valence-corrected chi connectivity index (χ4v) is 3.30. The standard InChI is InChI=1S/C5H12N2O3S2/c1-6-3-7(2)5(11-4-6)12(8,9)10/h5H,3-4H2,1-2H3,(H,8,9,10). The van der Waals surface area contributed by atoms with E-state index in [9.17, 15) is 8.42 Å². The number of nitrogens with zero attached hydrogens (tertiary/aromatic N) is 2. The molecule has 72 valence electrons. The highest BCUT2D eigenvalue weighted by molar-refractivity contribution is 8.11. The third-order valence-electron chi connectivity index (χ3n) is 1.52. The molecule has 5 nitrogen and oxygen atoms in total. The van der Waals surface area contributed by atoms with Crippen LogP contribution >= 0.6 is 11.8 Å². The van der Waals surface area contributed by atoms with Gasteiger partial charge in [-0.2, -0.15) is 8.42 Å². The zero-order valence-corrected chi connectivity index (χ0v) is 8.60. The lowest BCUT2D eigenvalue weighted by Gasteiger charge is -2.34. The van der Waals surface area contributed by atoms with Gasteiger partial charge in [-0.3, -0.25) is 14.4 Å². The minimum Gasteiger partial charge on any atom is -0.284 e. The van der Waals surface area contributed by atoms with Gasteiger partial charge in [-0.1, -0.05) is 0 Å². The summed E-state index contributed by atoms with van der Waals surface area (Å²) in [6, 6.07) is 0. The molecule has 0 aliphatic carbocycles. The molecular weight excluding hydrogens is 200 g/mol. The Morgan fingerprint density at radius 2 is 2.08 bits per heavy atom. The van der Waals surface area contributed by atoms with Gasteiger partial charge in [0.25, 0.3) is 10.1 Å². The largest absolute Gasteiger partial charge is 0.291 e. The Labute approximate surface area is 76.5 Å². The molecule has 1 saturated heterocycles. The molecule has 1 N–H and O–H groups in total. The number of rotatable bonds is 1. The Morgan fingerprint density at radius 3 is 2.50 bits per heavy atom. The third-order valence-corrected chi connectivity index (χ3v) is 4.76. The molecule has 1 rings (SSSR count). The maximum absolute atomic E-state index is 10.8. The summed E-state index contributed by atoms with van der Waals surface area (Å²) in [5.41, 5.74) is 0. The van der Waals surface area contributed by atoms with Crippen molar-refractivity contribution in [2.75, 3.05) is 26.6 Å². The van der Waals surface area contributed by atoms with E-state index in [4.69, 9.17) is 4.55 Å². The normalized spacial score (nSPS) is 29.1. The molecule has 0 saturated carbocycles. The quantitative estimate of drug-likeness (QED) is 0.601. The van der Waals surface area contributed by atoms with Crippen molar-refractivity contribution >= 4 is 21.9 Å². The first kappa shape index (κ1) is 10.3. The van der Waals surface area contributed by atoms with Crippen LogP contribution in [0, 0.1) is 0 Å². The first-order valence-electron chi connectivity index (χ1n) is 3.38. The highest BCUT2D eigenvalue weighted by Crippen LogP contribution is 2.24. The zero-order valence-electron chi connectivity index (χ0n) is 6.97. The van der Waals surface area contributed by atoms with E-state index < -0.39 is 14.8 Å². The topological polar surface area (TPSA) is 60.9 Å². The second-order valence-corrected chi connectivity index (χ2v) is 5.69. The minimum absolute atomic E-state index is 0.553. The lowest BCUT2D eigenvalue weighted by molar-refractivity contribution is 0.198. The molecule has 1 fully saturated rings. The van der Waals surface area contributed by atoms with E-state index in [1.807, 2.05) is 11.9 Å². The van der Waals surface area contributed by atoms with Crippen LogP contribution in [0.4, 0.5) is 0 Å². The Kier molecular flexibility index (Phi) is 3.00. The molecule has 1 aliphatic heterocycles. The maximum atomic E-state index is 10.8. The van der Waals surface area contributed by atoms with Crippen molar-refractivity contribution in [3.8, 4) is 0 Å². The lowest BCUT2D eigenvalue weighted by atomic mass is 10.8. The number of thioether (sulfide) groups is 1. The monoisotopic (exact) mass is 212 g/mol. The van der Waals surface area contributed by atoms with E-state index in [1.165, 1.54) is 11.8 Å². The second kappa shape index (κ2) is 3.51. The first-order chi connectivity index (χ1) is 5.41. The van der Waals surface area contributed by atoms with Crippen molar-refractivity contribution in [2.24, 2.45) is 0 Å². The van der Waals surface area contributed by atoms with Gasteiger partial charge in [0.05, 0.1) is 6.67 Å². The maximum Gasteiger partial charge on any atom is 0.291 e. The van der Waals surface area contributed by atoms with E-state index >= 15 is 0 Å². The number of hydrogen-bond donors (Lipinski definition) is 1. The average molecular weight is 212 g/mol. The summed E-state index contributed by atoms with van der Waals surface area (Å²) in [5, 5.41) is 0. The van der Waals surface area contributed by atoms with Crippen LogP contribution in [0.2, 0.25) is 0 Å². The zero-order chi connectivity index (χ0) is 9.35. The summed E-state index contributed by atoms with van der Waals surface area (Å²) in [4.78, 5) is 3.55. The molecule has 1 unspecified atom stereocenters. The van der Waals surface area contributed by atoms with Crippen LogP contribution in [0.5, 0.6) is 0 Å². The van der Waals surface area contributed by atoms with Crippen molar-refractivity contribution in [2.45, 2.75) is 4.71 Å². The molecule has 0 aromatic heterocycles.